The second-order valence-corrected chi connectivity index (χ2v) is 5.04. The van der Waals surface area contributed by atoms with Crippen molar-refractivity contribution in [2.45, 2.75) is 13.2 Å². The Bertz CT molecular complexity index is 682. The van der Waals surface area contributed by atoms with Gasteiger partial charge in [0.15, 0.2) is 0 Å². The van der Waals surface area contributed by atoms with Gasteiger partial charge in [0.1, 0.15) is 13.2 Å². The highest BCUT2D eigenvalue weighted by atomic mass is 79.9. The molecule has 6 heteroatoms. The molecular formula is C14H13BrN2O3. The Morgan fingerprint density at radius 1 is 1.25 bits per heavy atom. The van der Waals surface area contributed by atoms with E-state index < -0.39 is 5.97 Å². The Kier molecular flexibility index (Phi) is 4.57. The fraction of sp³-hybridized carbons (Fsp3) is 0.143. The summed E-state index contributed by atoms with van der Waals surface area (Å²) in [6, 6.07) is 10.3. The van der Waals surface area contributed by atoms with Crippen LogP contribution in [-0.2, 0) is 22.7 Å². The molecule has 1 aromatic heterocycles. The van der Waals surface area contributed by atoms with Crippen LogP contribution in [0.1, 0.15) is 5.56 Å². The van der Waals surface area contributed by atoms with E-state index in [0.717, 1.165) is 10.0 Å². The van der Waals surface area contributed by atoms with E-state index in [1.54, 1.807) is 0 Å². The van der Waals surface area contributed by atoms with Crippen LogP contribution in [0, 0.1) is 0 Å². The van der Waals surface area contributed by atoms with Gasteiger partial charge in [-0.15, -0.1) is 0 Å². The first-order valence-corrected chi connectivity index (χ1v) is 6.70. The van der Waals surface area contributed by atoms with Crippen LogP contribution in [0.3, 0.4) is 0 Å². The molecule has 0 saturated heterocycles. The van der Waals surface area contributed by atoms with Gasteiger partial charge in [0, 0.05) is 28.0 Å². The number of carbonyl (C=O) groups excluding carboxylic acids is 1. The summed E-state index contributed by atoms with van der Waals surface area (Å²) < 4.78 is 7.23. The highest BCUT2D eigenvalue weighted by molar-refractivity contribution is 9.10. The zero-order valence-corrected chi connectivity index (χ0v) is 12.2. The molecule has 0 fully saturated rings. The van der Waals surface area contributed by atoms with Crippen molar-refractivity contribution in [2.24, 2.45) is 0 Å². The van der Waals surface area contributed by atoms with E-state index >= 15 is 0 Å². The molecule has 1 aromatic carbocycles. The normalized spacial score (nSPS) is 10.2. The lowest BCUT2D eigenvalue weighted by molar-refractivity contribution is -0.145. The summed E-state index contributed by atoms with van der Waals surface area (Å²) in [4.78, 5) is 23.2. The third-order valence-corrected chi connectivity index (χ3v) is 3.43. The number of benzene rings is 1. The second-order valence-electron chi connectivity index (χ2n) is 4.18. The fourth-order valence-electron chi connectivity index (χ4n) is 1.63. The number of pyridine rings is 1. The number of aromatic nitrogens is 1. The summed E-state index contributed by atoms with van der Waals surface area (Å²) in [7, 11) is 0. The number of carbonyl (C=O) groups is 1. The first-order chi connectivity index (χ1) is 9.56. The zero-order valence-electron chi connectivity index (χ0n) is 10.6. The van der Waals surface area contributed by atoms with Gasteiger partial charge in [0.05, 0.1) is 0 Å². The number of nitrogen functional groups attached to an aromatic ring is 1. The molecule has 0 amide bonds. The molecule has 0 bridgehead atoms. The quantitative estimate of drug-likeness (QED) is 0.866. The molecule has 20 heavy (non-hydrogen) atoms. The highest BCUT2D eigenvalue weighted by Gasteiger charge is 2.07. The molecule has 104 valence electrons. The third-order valence-electron chi connectivity index (χ3n) is 2.65. The van der Waals surface area contributed by atoms with E-state index in [-0.39, 0.29) is 18.7 Å². The van der Waals surface area contributed by atoms with Crippen molar-refractivity contribution in [3.63, 3.8) is 0 Å². The van der Waals surface area contributed by atoms with Gasteiger partial charge >= 0.3 is 5.97 Å². The number of nitrogens with two attached hydrogens (primary N) is 1. The Morgan fingerprint density at radius 2 is 2.00 bits per heavy atom. The van der Waals surface area contributed by atoms with Gasteiger partial charge in [-0.2, -0.15) is 0 Å². The van der Waals surface area contributed by atoms with Crippen LogP contribution in [0.4, 0.5) is 5.69 Å². The SMILES string of the molecule is Nc1ccc(=O)n(CC(=O)OCc2ccccc2Br)c1. The lowest BCUT2D eigenvalue weighted by Gasteiger charge is -2.08. The van der Waals surface area contributed by atoms with Gasteiger partial charge in [0.25, 0.3) is 5.56 Å². The molecule has 1 heterocycles. The first kappa shape index (κ1) is 14.3. The molecule has 0 spiro atoms. The number of ether oxygens (including phenoxy) is 1. The first-order valence-electron chi connectivity index (χ1n) is 5.91. The van der Waals surface area contributed by atoms with Gasteiger partial charge in [-0.3, -0.25) is 9.59 Å². The molecular weight excluding hydrogens is 324 g/mol. The predicted octanol–water partition coefficient (Wildman–Crippen LogP) is 1.94. The van der Waals surface area contributed by atoms with Crippen LogP contribution < -0.4 is 11.3 Å². The van der Waals surface area contributed by atoms with Crippen molar-refractivity contribution in [1.29, 1.82) is 0 Å². The van der Waals surface area contributed by atoms with Gasteiger partial charge in [0.2, 0.25) is 0 Å². The molecule has 0 saturated carbocycles. The van der Waals surface area contributed by atoms with E-state index in [4.69, 9.17) is 10.5 Å². The van der Waals surface area contributed by atoms with Crippen LogP contribution in [-0.4, -0.2) is 10.5 Å². The minimum absolute atomic E-state index is 0.150. The highest BCUT2D eigenvalue weighted by Crippen LogP contribution is 2.16. The van der Waals surface area contributed by atoms with E-state index in [1.807, 2.05) is 24.3 Å². The maximum atomic E-state index is 11.7. The summed E-state index contributed by atoms with van der Waals surface area (Å²) >= 11 is 3.37. The van der Waals surface area contributed by atoms with E-state index in [0.29, 0.717) is 5.69 Å². The summed E-state index contributed by atoms with van der Waals surface area (Å²) in [6.45, 7) is -0.00828. The lowest BCUT2D eigenvalue weighted by atomic mass is 10.2. The van der Waals surface area contributed by atoms with Crippen LogP contribution in [0.25, 0.3) is 0 Å². The summed E-state index contributed by atoms with van der Waals surface area (Å²) in [6.07, 6.45) is 1.42. The Labute approximate surface area is 124 Å². The molecule has 0 atom stereocenters. The topological polar surface area (TPSA) is 74.3 Å². The number of anilines is 1. The smallest absolute Gasteiger partial charge is 0.326 e. The van der Waals surface area contributed by atoms with Crippen LogP contribution in [0.2, 0.25) is 0 Å². The monoisotopic (exact) mass is 336 g/mol. The van der Waals surface area contributed by atoms with E-state index in [2.05, 4.69) is 15.9 Å². The summed E-state index contributed by atoms with van der Waals surface area (Å²) in [5, 5.41) is 0. The van der Waals surface area contributed by atoms with Crippen molar-refractivity contribution in [2.75, 3.05) is 5.73 Å². The molecule has 5 nitrogen and oxygen atoms in total. The number of hydrogen-bond acceptors (Lipinski definition) is 4. The van der Waals surface area contributed by atoms with Gasteiger partial charge in [-0.1, -0.05) is 34.1 Å². The Hall–Kier alpha value is -2.08. The minimum Gasteiger partial charge on any atom is -0.459 e. The average molecular weight is 337 g/mol. The Morgan fingerprint density at radius 3 is 2.75 bits per heavy atom. The summed E-state index contributed by atoms with van der Waals surface area (Å²) in [5.74, 6) is -0.492. The molecule has 2 N–H and O–H groups in total. The molecule has 0 aliphatic carbocycles. The number of hydrogen-bond donors (Lipinski definition) is 1. The van der Waals surface area contributed by atoms with E-state index in [9.17, 15) is 9.59 Å². The predicted molar refractivity (Wildman–Crippen MR) is 79.1 cm³/mol. The molecule has 0 radical (unpaired) electrons. The van der Waals surface area contributed by atoms with Gasteiger partial charge in [-0.05, 0) is 12.1 Å². The molecule has 0 aliphatic rings. The number of halogens is 1. The Balaban J connectivity index is 1.98. The number of nitrogens with zero attached hydrogens (tertiary/aromatic N) is 1. The maximum absolute atomic E-state index is 11.7. The number of esters is 1. The number of rotatable bonds is 4. The lowest BCUT2D eigenvalue weighted by Crippen LogP contribution is -2.24. The second kappa shape index (κ2) is 6.38. The van der Waals surface area contributed by atoms with Crippen molar-refractivity contribution in [3.8, 4) is 0 Å². The van der Waals surface area contributed by atoms with Gasteiger partial charge < -0.3 is 15.0 Å². The van der Waals surface area contributed by atoms with Crippen LogP contribution in [0.5, 0.6) is 0 Å². The zero-order chi connectivity index (χ0) is 14.5. The standard InChI is InChI=1S/C14H13BrN2O3/c15-12-4-2-1-3-10(12)9-20-14(19)8-17-7-11(16)5-6-13(17)18/h1-7H,8-9,16H2. The molecule has 0 aliphatic heterocycles. The van der Waals surface area contributed by atoms with E-state index in [1.165, 1.54) is 22.9 Å². The maximum Gasteiger partial charge on any atom is 0.326 e. The van der Waals surface area contributed by atoms with Gasteiger partial charge in [-0.25, -0.2) is 0 Å². The molecule has 2 rings (SSSR count). The fourth-order valence-corrected chi connectivity index (χ4v) is 2.03. The van der Waals surface area contributed by atoms with Crippen LogP contribution >= 0.6 is 15.9 Å². The summed E-state index contributed by atoms with van der Waals surface area (Å²) in [5.41, 5.74) is 6.56. The van der Waals surface area contributed by atoms with Crippen molar-refractivity contribution >= 4 is 27.6 Å². The third kappa shape index (κ3) is 3.71. The van der Waals surface area contributed by atoms with Crippen molar-refractivity contribution in [3.05, 3.63) is 63.0 Å². The largest absolute Gasteiger partial charge is 0.459 e. The minimum atomic E-state index is -0.492. The van der Waals surface area contributed by atoms with Crippen molar-refractivity contribution in [1.82, 2.24) is 4.57 Å². The average Bonchev–Trinajstić information content (AvgIpc) is 2.42. The molecule has 2 aromatic rings. The molecule has 0 unspecified atom stereocenters. The van der Waals surface area contributed by atoms with Crippen LogP contribution in [0.15, 0.2) is 51.9 Å². The van der Waals surface area contributed by atoms with Crippen molar-refractivity contribution < 1.29 is 9.53 Å².